The highest BCUT2D eigenvalue weighted by Gasteiger charge is 2.33. The molecule has 1 unspecified atom stereocenters. The zero-order valence-electron chi connectivity index (χ0n) is 13.7. The Morgan fingerprint density at radius 2 is 1.80 bits per heavy atom. The largest absolute Gasteiger partial charge is 0.354 e. The molecule has 1 aliphatic rings. The molecule has 118 valence electrons. The minimum atomic E-state index is 0.0833. The van der Waals surface area contributed by atoms with Gasteiger partial charge in [-0.1, -0.05) is 46.0 Å². The molecule has 1 aliphatic carbocycles. The lowest BCUT2D eigenvalue weighted by Crippen LogP contribution is -2.41. The van der Waals surface area contributed by atoms with Gasteiger partial charge in [-0.05, 0) is 44.1 Å². The number of carbonyl (C=O) groups excluding carboxylic acids is 1. The summed E-state index contributed by atoms with van der Waals surface area (Å²) in [6.07, 6.45) is 10.2. The molecule has 0 radical (unpaired) electrons. The second kappa shape index (κ2) is 8.66. The maximum Gasteiger partial charge on any atom is 0.220 e. The molecule has 1 rings (SSSR count). The number of nitrogens with two attached hydrogens (primary N) is 1. The van der Waals surface area contributed by atoms with Gasteiger partial charge in [0.15, 0.2) is 0 Å². The first-order chi connectivity index (χ1) is 9.47. The molecule has 1 fully saturated rings. The molecule has 3 N–H and O–H groups in total. The average molecular weight is 282 g/mol. The van der Waals surface area contributed by atoms with Crippen LogP contribution in [0.5, 0.6) is 0 Å². The third kappa shape index (κ3) is 6.25. The molecule has 20 heavy (non-hydrogen) atoms. The fourth-order valence-corrected chi connectivity index (χ4v) is 3.33. The summed E-state index contributed by atoms with van der Waals surface area (Å²) in [4.78, 5) is 12.2. The first kappa shape index (κ1) is 17.5. The first-order valence-corrected chi connectivity index (χ1v) is 8.47. The van der Waals surface area contributed by atoms with Crippen LogP contribution in [0.3, 0.4) is 0 Å². The van der Waals surface area contributed by atoms with Gasteiger partial charge in [-0.15, -0.1) is 0 Å². The van der Waals surface area contributed by atoms with Crippen LogP contribution in [0.1, 0.15) is 78.6 Å². The Bertz CT molecular complexity index is 283. The summed E-state index contributed by atoms with van der Waals surface area (Å²) in [6, 6.07) is 0.291. The van der Waals surface area contributed by atoms with Crippen LogP contribution in [0.2, 0.25) is 0 Å². The zero-order valence-corrected chi connectivity index (χ0v) is 13.7. The lowest BCUT2D eigenvalue weighted by atomic mass is 9.71. The van der Waals surface area contributed by atoms with Crippen LogP contribution in [0.25, 0.3) is 0 Å². The summed E-state index contributed by atoms with van der Waals surface area (Å²) >= 11 is 0. The van der Waals surface area contributed by atoms with Gasteiger partial charge < -0.3 is 11.1 Å². The molecule has 0 aromatic heterocycles. The van der Waals surface area contributed by atoms with E-state index in [-0.39, 0.29) is 11.3 Å². The van der Waals surface area contributed by atoms with Crippen LogP contribution in [0, 0.1) is 11.3 Å². The minimum Gasteiger partial charge on any atom is -0.354 e. The van der Waals surface area contributed by atoms with Gasteiger partial charge >= 0.3 is 0 Å². The fourth-order valence-electron chi connectivity index (χ4n) is 3.33. The van der Waals surface area contributed by atoms with Gasteiger partial charge in [0.2, 0.25) is 5.91 Å². The standard InChI is InChI=1S/C17H34N2O/c1-14(2)8-7-9-15(3)19-16(20)12-17(13-18)10-5-4-6-11-17/h14-15H,4-13,18H2,1-3H3,(H,19,20). The molecular formula is C17H34N2O. The Labute approximate surface area is 125 Å². The van der Waals surface area contributed by atoms with Crippen molar-refractivity contribution in [3.63, 3.8) is 0 Å². The monoisotopic (exact) mass is 282 g/mol. The van der Waals surface area contributed by atoms with Gasteiger partial charge in [0.25, 0.3) is 0 Å². The number of rotatable bonds is 8. The van der Waals surface area contributed by atoms with Gasteiger partial charge in [-0.25, -0.2) is 0 Å². The number of hydrogen-bond donors (Lipinski definition) is 2. The van der Waals surface area contributed by atoms with Crippen LogP contribution in [0.15, 0.2) is 0 Å². The first-order valence-electron chi connectivity index (χ1n) is 8.47. The number of carbonyl (C=O) groups is 1. The molecule has 1 amide bonds. The lowest BCUT2D eigenvalue weighted by molar-refractivity contribution is -0.124. The summed E-state index contributed by atoms with van der Waals surface area (Å²) in [5.74, 6) is 0.954. The maximum atomic E-state index is 12.2. The van der Waals surface area contributed by atoms with E-state index >= 15 is 0 Å². The van der Waals surface area contributed by atoms with Crippen molar-refractivity contribution in [2.24, 2.45) is 17.1 Å². The van der Waals surface area contributed by atoms with Crippen molar-refractivity contribution in [1.29, 1.82) is 0 Å². The van der Waals surface area contributed by atoms with Gasteiger partial charge in [-0.3, -0.25) is 4.79 Å². The summed E-state index contributed by atoms with van der Waals surface area (Å²) in [7, 11) is 0. The quantitative estimate of drug-likeness (QED) is 0.714. The Morgan fingerprint density at radius 3 is 2.35 bits per heavy atom. The van der Waals surface area contributed by atoms with Crippen molar-refractivity contribution >= 4 is 5.91 Å². The third-order valence-corrected chi connectivity index (χ3v) is 4.71. The molecule has 0 bridgehead atoms. The topological polar surface area (TPSA) is 55.1 Å². The molecule has 0 aliphatic heterocycles. The normalized spacial score (nSPS) is 19.9. The van der Waals surface area contributed by atoms with Gasteiger partial charge in [0.05, 0.1) is 0 Å². The van der Waals surface area contributed by atoms with E-state index in [4.69, 9.17) is 5.73 Å². The van der Waals surface area contributed by atoms with E-state index in [1.165, 1.54) is 32.1 Å². The Hall–Kier alpha value is -0.570. The summed E-state index contributed by atoms with van der Waals surface area (Å²) < 4.78 is 0. The predicted octanol–water partition coefficient (Wildman–Crippen LogP) is 3.62. The molecule has 1 atom stereocenters. The van der Waals surface area contributed by atoms with Crippen LogP contribution < -0.4 is 11.1 Å². The zero-order chi connectivity index (χ0) is 15.0. The molecule has 0 aromatic carbocycles. The highest BCUT2D eigenvalue weighted by molar-refractivity contribution is 5.77. The minimum absolute atomic E-state index is 0.0833. The maximum absolute atomic E-state index is 12.2. The molecule has 0 saturated heterocycles. The number of amides is 1. The molecular weight excluding hydrogens is 248 g/mol. The van der Waals surface area contributed by atoms with E-state index in [0.29, 0.717) is 19.0 Å². The van der Waals surface area contributed by atoms with E-state index in [1.54, 1.807) is 0 Å². The Morgan fingerprint density at radius 1 is 1.15 bits per heavy atom. The SMILES string of the molecule is CC(C)CCCC(C)NC(=O)CC1(CN)CCCCC1. The second-order valence-corrected chi connectivity index (χ2v) is 7.23. The third-order valence-electron chi connectivity index (χ3n) is 4.71. The number of nitrogens with one attached hydrogen (secondary N) is 1. The van der Waals surface area contributed by atoms with E-state index in [0.717, 1.165) is 25.2 Å². The van der Waals surface area contributed by atoms with E-state index < -0.39 is 0 Å². The smallest absolute Gasteiger partial charge is 0.220 e. The van der Waals surface area contributed by atoms with Gasteiger partial charge in [0.1, 0.15) is 0 Å². The van der Waals surface area contributed by atoms with E-state index in [1.807, 2.05) is 0 Å². The summed E-state index contributed by atoms with van der Waals surface area (Å²) in [6.45, 7) is 7.27. The van der Waals surface area contributed by atoms with Crippen molar-refractivity contribution in [2.75, 3.05) is 6.54 Å². The molecule has 0 spiro atoms. The van der Waals surface area contributed by atoms with Crippen molar-refractivity contribution in [2.45, 2.75) is 84.6 Å². The highest BCUT2D eigenvalue weighted by atomic mass is 16.1. The van der Waals surface area contributed by atoms with Gasteiger partial charge in [0, 0.05) is 12.5 Å². The predicted molar refractivity (Wildman–Crippen MR) is 85.5 cm³/mol. The van der Waals surface area contributed by atoms with E-state index in [2.05, 4.69) is 26.1 Å². The average Bonchev–Trinajstić information content (AvgIpc) is 2.39. The Balaban J connectivity index is 2.30. The van der Waals surface area contributed by atoms with Crippen LogP contribution in [-0.2, 0) is 4.79 Å². The summed E-state index contributed by atoms with van der Waals surface area (Å²) in [5, 5.41) is 3.17. The van der Waals surface area contributed by atoms with Crippen LogP contribution in [0.4, 0.5) is 0 Å². The molecule has 3 nitrogen and oxygen atoms in total. The Kier molecular flexibility index (Phi) is 7.57. The van der Waals surface area contributed by atoms with Crippen LogP contribution in [-0.4, -0.2) is 18.5 Å². The van der Waals surface area contributed by atoms with Crippen molar-refractivity contribution in [1.82, 2.24) is 5.32 Å². The summed E-state index contributed by atoms with van der Waals surface area (Å²) in [5.41, 5.74) is 6.03. The van der Waals surface area contributed by atoms with Crippen molar-refractivity contribution in [3.05, 3.63) is 0 Å². The lowest BCUT2D eigenvalue weighted by Gasteiger charge is -2.36. The highest BCUT2D eigenvalue weighted by Crippen LogP contribution is 2.38. The molecule has 3 heteroatoms. The van der Waals surface area contributed by atoms with Crippen molar-refractivity contribution in [3.8, 4) is 0 Å². The van der Waals surface area contributed by atoms with E-state index in [9.17, 15) is 4.79 Å². The van der Waals surface area contributed by atoms with Crippen LogP contribution >= 0.6 is 0 Å². The second-order valence-electron chi connectivity index (χ2n) is 7.23. The molecule has 0 heterocycles. The molecule has 1 saturated carbocycles. The fraction of sp³-hybridized carbons (Fsp3) is 0.941. The van der Waals surface area contributed by atoms with Gasteiger partial charge in [-0.2, -0.15) is 0 Å². The van der Waals surface area contributed by atoms with Crippen molar-refractivity contribution < 1.29 is 4.79 Å². The molecule has 0 aromatic rings. The number of hydrogen-bond acceptors (Lipinski definition) is 2.